The number of halogens is 1. The largest absolute Gasteiger partial charge is 0.480 e. The summed E-state index contributed by atoms with van der Waals surface area (Å²) in [6.07, 6.45) is 5.67. The van der Waals surface area contributed by atoms with E-state index in [4.69, 9.17) is 0 Å². The molecule has 4 N–H and O–H groups in total. The number of sulfonamides is 1. The lowest BCUT2D eigenvalue weighted by atomic mass is 10.1. The summed E-state index contributed by atoms with van der Waals surface area (Å²) < 4.78 is 29.4. The van der Waals surface area contributed by atoms with E-state index in [-0.39, 0.29) is 5.56 Å². The number of pyridine rings is 1. The van der Waals surface area contributed by atoms with E-state index in [9.17, 15) is 23.1 Å². The Morgan fingerprint density at radius 3 is 2.86 bits per heavy atom. The molecule has 0 saturated heterocycles. The Morgan fingerprint density at radius 1 is 1.24 bits per heavy atom. The van der Waals surface area contributed by atoms with E-state index in [0.717, 1.165) is 30.9 Å². The van der Waals surface area contributed by atoms with E-state index in [1.54, 1.807) is 35.1 Å². The molecule has 1 aliphatic rings. The van der Waals surface area contributed by atoms with Crippen molar-refractivity contribution in [2.24, 2.45) is 0 Å². The van der Waals surface area contributed by atoms with Crippen LogP contribution in [-0.2, 0) is 40.0 Å². The Hall–Kier alpha value is -3.29. The number of carboxylic acids is 1. The van der Waals surface area contributed by atoms with E-state index in [1.807, 2.05) is 6.07 Å². The number of carbonyl (C=O) groups excluding carboxylic acids is 1. The van der Waals surface area contributed by atoms with E-state index < -0.39 is 40.2 Å². The molecular formula is C24H27BrN6O5S. The summed E-state index contributed by atoms with van der Waals surface area (Å²) in [5.41, 5.74) is 2.85. The first-order valence-corrected chi connectivity index (χ1v) is 14.1. The van der Waals surface area contributed by atoms with Crippen molar-refractivity contribution in [3.8, 4) is 0 Å². The molecular weight excluding hydrogens is 564 g/mol. The molecule has 1 amide bonds. The van der Waals surface area contributed by atoms with Crippen LogP contribution in [0.5, 0.6) is 0 Å². The number of hydrogen-bond donors (Lipinski definition) is 4. The van der Waals surface area contributed by atoms with Crippen molar-refractivity contribution in [1.29, 1.82) is 0 Å². The Kier molecular flexibility index (Phi) is 8.56. The maximum absolute atomic E-state index is 12.6. The van der Waals surface area contributed by atoms with Gasteiger partial charge in [0.25, 0.3) is 5.91 Å². The van der Waals surface area contributed by atoms with Gasteiger partial charge in [-0.25, -0.2) is 13.4 Å². The topological polar surface area (TPSA) is 155 Å². The third kappa shape index (κ3) is 7.60. The molecule has 13 heteroatoms. The van der Waals surface area contributed by atoms with Gasteiger partial charge in [0.2, 0.25) is 10.0 Å². The third-order valence-corrected chi connectivity index (χ3v) is 7.63. The quantitative estimate of drug-likeness (QED) is 0.264. The highest BCUT2D eigenvalue weighted by atomic mass is 79.9. The Bertz CT molecular complexity index is 1390. The van der Waals surface area contributed by atoms with Gasteiger partial charge < -0.3 is 15.7 Å². The second kappa shape index (κ2) is 11.8. The summed E-state index contributed by atoms with van der Waals surface area (Å²) in [5.74, 6) is -1.43. The monoisotopic (exact) mass is 590 g/mol. The van der Waals surface area contributed by atoms with Crippen molar-refractivity contribution in [3.63, 3.8) is 0 Å². The molecule has 0 bridgehead atoms. The fourth-order valence-corrected chi connectivity index (χ4v) is 5.69. The van der Waals surface area contributed by atoms with E-state index in [0.29, 0.717) is 23.0 Å². The SMILES string of the molecule is O=C(NC[C@H](NS(=O)(=O)Cc1cccc(Br)c1)C(=O)O)c1cnn(CCc2ccc3c(n2)NCCC3)c1. The van der Waals surface area contributed by atoms with Gasteiger partial charge in [0.15, 0.2) is 0 Å². The second-order valence-corrected chi connectivity index (χ2v) is 11.4. The lowest BCUT2D eigenvalue weighted by Crippen LogP contribution is -2.48. The van der Waals surface area contributed by atoms with Crippen LogP contribution in [0.3, 0.4) is 0 Å². The zero-order valence-electron chi connectivity index (χ0n) is 19.9. The van der Waals surface area contributed by atoms with Crippen LogP contribution in [0.1, 0.15) is 33.6 Å². The predicted molar refractivity (Wildman–Crippen MR) is 141 cm³/mol. The predicted octanol–water partition coefficient (Wildman–Crippen LogP) is 1.94. The molecule has 0 aliphatic carbocycles. The Morgan fingerprint density at radius 2 is 2.08 bits per heavy atom. The van der Waals surface area contributed by atoms with Crippen LogP contribution in [-0.4, -0.2) is 59.3 Å². The number of nitrogens with one attached hydrogen (secondary N) is 3. The third-order valence-electron chi connectivity index (χ3n) is 5.78. The molecule has 2 aromatic heterocycles. The number of benzene rings is 1. The van der Waals surface area contributed by atoms with Gasteiger partial charge in [0.05, 0.1) is 17.5 Å². The van der Waals surface area contributed by atoms with E-state index in [1.165, 1.54) is 11.8 Å². The van der Waals surface area contributed by atoms with Gasteiger partial charge >= 0.3 is 5.97 Å². The molecule has 3 heterocycles. The number of hydrogen-bond acceptors (Lipinski definition) is 7. The molecule has 3 aromatic rings. The lowest BCUT2D eigenvalue weighted by Gasteiger charge is -2.17. The highest BCUT2D eigenvalue weighted by molar-refractivity contribution is 9.10. The number of aromatic nitrogens is 3. The minimum atomic E-state index is -3.97. The first-order valence-electron chi connectivity index (χ1n) is 11.7. The maximum atomic E-state index is 12.6. The minimum absolute atomic E-state index is 0.237. The normalized spacial score (nSPS) is 13.9. The van der Waals surface area contributed by atoms with Gasteiger partial charge in [-0.3, -0.25) is 14.3 Å². The van der Waals surface area contributed by atoms with Crippen LogP contribution in [0.2, 0.25) is 0 Å². The standard InChI is InChI=1S/C24H27BrN6O5S/c25-19-5-1-3-16(11-19)15-37(35,36)30-21(24(33)34)13-27-23(32)18-12-28-31(14-18)10-8-20-7-6-17-4-2-9-26-22(17)29-20/h1,3,5-7,11-12,14,21,30H,2,4,8-10,13,15H2,(H,26,29)(H,27,32)(H,33,34)/t21-/m0/s1. The van der Waals surface area contributed by atoms with Gasteiger partial charge in [0.1, 0.15) is 11.9 Å². The van der Waals surface area contributed by atoms with Crippen molar-refractivity contribution in [1.82, 2.24) is 24.8 Å². The molecule has 4 rings (SSSR count). The fourth-order valence-electron chi connectivity index (χ4n) is 3.92. The van der Waals surface area contributed by atoms with E-state index in [2.05, 4.69) is 47.4 Å². The Labute approximate surface area is 222 Å². The summed E-state index contributed by atoms with van der Waals surface area (Å²) in [4.78, 5) is 28.8. The van der Waals surface area contributed by atoms with Gasteiger partial charge in [0, 0.05) is 42.4 Å². The number of nitrogens with zero attached hydrogens (tertiary/aromatic N) is 3. The van der Waals surface area contributed by atoms with Crippen LogP contribution in [0.4, 0.5) is 5.82 Å². The number of rotatable bonds is 11. The number of fused-ring (bicyclic) bond motifs is 1. The number of amides is 1. The van der Waals surface area contributed by atoms with E-state index >= 15 is 0 Å². The molecule has 0 unspecified atom stereocenters. The van der Waals surface area contributed by atoms with Crippen molar-refractivity contribution in [3.05, 3.63) is 75.6 Å². The van der Waals surface area contributed by atoms with Gasteiger partial charge in [-0.1, -0.05) is 34.1 Å². The molecule has 0 spiro atoms. The average Bonchev–Trinajstić information content (AvgIpc) is 3.34. The highest BCUT2D eigenvalue weighted by Crippen LogP contribution is 2.20. The molecule has 0 radical (unpaired) electrons. The summed E-state index contributed by atoms with van der Waals surface area (Å²) >= 11 is 3.27. The van der Waals surface area contributed by atoms with Crippen LogP contribution in [0.15, 0.2) is 53.3 Å². The van der Waals surface area contributed by atoms with Gasteiger partial charge in [-0.2, -0.15) is 9.82 Å². The summed E-state index contributed by atoms with van der Waals surface area (Å²) in [5, 5.41) is 19.4. The second-order valence-electron chi connectivity index (χ2n) is 8.69. The molecule has 0 saturated carbocycles. The van der Waals surface area contributed by atoms with Crippen LogP contribution >= 0.6 is 15.9 Å². The smallest absolute Gasteiger partial charge is 0.323 e. The molecule has 11 nitrogen and oxygen atoms in total. The Balaban J connectivity index is 1.30. The van der Waals surface area contributed by atoms with Crippen molar-refractivity contribution < 1.29 is 23.1 Å². The molecule has 0 fully saturated rings. The summed E-state index contributed by atoms with van der Waals surface area (Å²) in [6, 6.07) is 9.24. The minimum Gasteiger partial charge on any atom is -0.480 e. The van der Waals surface area contributed by atoms with Crippen LogP contribution < -0.4 is 15.4 Å². The summed E-state index contributed by atoms with van der Waals surface area (Å²) in [7, 11) is -3.97. The van der Waals surface area contributed by atoms with Gasteiger partial charge in [-0.05, 0) is 42.2 Å². The molecule has 196 valence electrons. The number of aryl methyl sites for hydroxylation is 3. The van der Waals surface area contributed by atoms with Crippen LogP contribution in [0.25, 0.3) is 0 Å². The zero-order chi connectivity index (χ0) is 26.4. The number of aliphatic carboxylic acids is 1. The highest BCUT2D eigenvalue weighted by Gasteiger charge is 2.25. The molecule has 37 heavy (non-hydrogen) atoms. The van der Waals surface area contributed by atoms with Crippen molar-refractivity contribution in [2.75, 3.05) is 18.4 Å². The fraction of sp³-hybridized carbons (Fsp3) is 0.333. The van der Waals surface area contributed by atoms with Gasteiger partial charge in [-0.15, -0.1) is 0 Å². The molecule has 1 atom stereocenters. The maximum Gasteiger partial charge on any atom is 0.323 e. The number of carbonyl (C=O) groups is 2. The van der Waals surface area contributed by atoms with Crippen molar-refractivity contribution >= 4 is 43.6 Å². The first kappa shape index (κ1) is 26.8. The zero-order valence-corrected chi connectivity index (χ0v) is 22.3. The van der Waals surface area contributed by atoms with Crippen molar-refractivity contribution in [2.45, 2.75) is 37.6 Å². The molecule has 1 aliphatic heterocycles. The number of anilines is 1. The first-order chi connectivity index (χ1) is 17.7. The lowest BCUT2D eigenvalue weighted by molar-refractivity contribution is -0.138. The number of carboxylic acid groups (broad SMARTS) is 1. The summed E-state index contributed by atoms with van der Waals surface area (Å²) in [6.45, 7) is 0.992. The average molecular weight is 591 g/mol. The van der Waals surface area contributed by atoms with Crippen LogP contribution in [0, 0.1) is 0 Å². The molecule has 1 aromatic carbocycles.